The molecule has 2 aromatic carbocycles. The van der Waals surface area contributed by atoms with Crippen molar-refractivity contribution in [3.05, 3.63) is 59.7 Å². The predicted molar refractivity (Wildman–Crippen MR) is 78.1 cm³/mol. The summed E-state index contributed by atoms with van der Waals surface area (Å²) in [5.41, 5.74) is 2.35. The lowest BCUT2D eigenvalue weighted by Gasteiger charge is -2.11. The summed E-state index contributed by atoms with van der Waals surface area (Å²) in [7, 11) is 3.01. The van der Waals surface area contributed by atoms with Gasteiger partial charge in [-0.2, -0.15) is 0 Å². The van der Waals surface area contributed by atoms with Crippen molar-refractivity contribution < 1.29 is 14.3 Å². The normalized spacial score (nSPS) is 9.90. The molecular formula is C16H17NO3. The van der Waals surface area contributed by atoms with Crippen molar-refractivity contribution in [1.82, 2.24) is 0 Å². The maximum absolute atomic E-state index is 11.7. The number of anilines is 1. The van der Waals surface area contributed by atoms with E-state index in [1.165, 1.54) is 7.11 Å². The summed E-state index contributed by atoms with van der Waals surface area (Å²) in [5.74, 6) is 0.462. The van der Waals surface area contributed by atoms with Crippen LogP contribution in [0.2, 0.25) is 0 Å². The Kier molecular flexibility index (Phi) is 4.60. The number of nitrogens with one attached hydrogen (secondary N) is 1. The number of carbonyl (C=O) groups is 1. The molecule has 20 heavy (non-hydrogen) atoms. The Morgan fingerprint density at radius 2 is 1.90 bits per heavy atom. The number of para-hydroxylation sites is 1. The van der Waals surface area contributed by atoms with Crippen LogP contribution in [0.4, 0.5) is 5.69 Å². The topological polar surface area (TPSA) is 47.6 Å². The quantitative estimate of drug-likeness (QED) is 0.849. The van der Waals surface area contributed by atoms with Crippen molar-refractivity contribution in [3.63, 3.8) is 0 Å². The van der Waals surface area contributed by atoms with Gasteiger partial charge in [-0.3, -0.25) is 0 Å². The molecule has 0 saturated carbocycles. The zero-order chi connectivity index (χ0) is 14.4. The summed E-state index contributed by atoms with van der Waals surface area (Å²) < 4.78 is 9.95. The number of methoxy groups -OCH3 is 2. The molecule has 0 fully saturated rings. The van der Waals surface area contributed by atoms with Crippen LogP contribution in [0.25, 0.3) is 0 Å². The highest BCUT2D eigenvalue weighted by Crippen LogP contribution is 2.18. The van der Waals surface area contributed by atoms with Gasteiger partial charge < -0.3 is 14.8 Å². The van der Waals surface area contributed by atoms with Gasteiger partial charge >= 0.3 is 5.97 Å². The third kappa shape index (κ3) is 3.29. The van der Waals surface area contributed by atoms with Crippen molar-refractivity contribution in [1.29, 1.82) is 0 Å². The van der Waals surface area contributed by atoms with Gasteiger partial charge in [0.2, 0.25) is 0 Å². The number of ether oxygens (including phenoxy) is 2. The van der Waals surface area contributed by atoms with Gasteiger partial charge in [0.05, 0.1) is 19.8 Å². The zero-order valence-electron chi connectivity index (χ0n) is 11.6. The molecule has 0 unspecified atom stereocenters. The molecule has 4 nitrogen and oxygen atoms in total. The second-order valence-electron chi connectivity index (χ2n) is 4.24. The number of hydrogen-bond acceptors (Lipinski definition) is 4. The van der Waals surface area contributed by atoms with Crippen LogP contribution in [0, 0.1) is 0 Å². The second-order valence-corrected chi connectivity index (χ2v) is 4.24. The van der Waals surface area contributed by atoms with E-state index in [2.05, 4.69) is 5.32 Å². The van der Waals surface area contributed by atoms with Gasteiger partial charge in [0, 0.05) is 12.2 Å². The predicted octanol–water partition coefficient (Wildman–Crippen LogP) is 3.09. The van der Waals surface area contributed by atoms with E-state index in [4.69, 9.17) is 9.47 Å². The lowest BCUT2D eigenvalue weighted by molar-refractivity contribution is 0.0602. The van der Waals surface area contributed by atoms with Gasteiger partial charge in [-0.1, -0.05) is 24.3 Å². The van der Waals surface area contributed by atoms with E-state index in [0.717, 1.165) is 17.0 Å². The van der Waals surface area contributed by atoms with Gasteiger partial charge in [-0.05, 0) is 29.8 Å². The first-order valence-electron chi connectivity index (χ1n) is 6.28. The van der Waals surface area contributed by atoms with E-state index < -0.39 is 0 Å². The molecule has 0 bridgehead atoms. The number of hydrogen-bond donors (Lipinski definition) is 1. The molecular weight excluding hydrogens is 254 g/mol. The Hall–Kier alpha value is -2.49. The van der Waals surface area contributed by atoms with Crippen LogP contribution in [0.15, 0.2) is 48.5 Å². The Morgan fingerprint density at radius 3 is 2.65 bits per heavy atom. The summed E-state index contributed by atoms with van der Waals surface area (Å²) in [6.45, 7) is 0.602. The summed E-state index contributed by atoms with van der Waals surface area (Å²) in [5, 5.41) is 3.24. The highest BCUT2D eigenvalue weighted by molar-refractivity contribution is 5.95. The monoisotopic (exact) mass is 271 g/mol. The summed E-state index contributed by atoms with van der Waals surface area (Å²) in [6, 6.07) is 15.0. The first-order valence-corrected chi connectivity index (χ1v) is 6.28. The Morgan fingerprint density at radius 1 is 1.10 bits per heavy atom. The van der Waals surface area contributed by atoms with Crippen LogP contribution in [0.5, 0.6) is 5.75 Å². The van der Waals surface area contributed by atoms with E-state index in [9.17, 15) is 4.79 Å². The molecule has 0 atom stereocenters. The van der Waals surface area contributed by atoms with Crippen LogP contribution >= 0.6 is 0 Å². The maximum atomic E-state index is 11.7. The molecule has 1 N–H and O–H groups in total. The molecule has 0 spiro atoms. The van der Waals surface area contributed by atoms with Crippen LogP contribution in [0.3, 0.4) is 0 Å². The standard InChI is InChI=1S/C16H17NO3/c1-19-13-7-5-6-12(10-13)11-17-15-9-4-3-8-14(15)16(18)20-2/h3-10,17H,11H2,1-2H3. The van der Waals surface area contributed by atoms with Crippen LogP contribution < -0.4 is 10.1 Å². The number of esters is 1. The van der Waals surface area contributed by atoms with Crippen LogP contribution in [0.1, 0.15) is 15.9 Å². The SMILES string of the molecule is COC(=O)c1ccccc1NCc1cccc(OC)c1. The molecule has 104 valence electrons. The summed E-state index contributed by atoms with van der Waals surface area (Å²) in [4.78, 5) is 11.7. The molecule has 0 saturated heterocycles. The van der Waals surface area contributed by atoms with Gasteiger partial charge in [-0.15, -0.1) is 0 Å². The van der Waals surface area contributed by atoms with Crippen LogP contribution in [-0.2, 0) is 11.3 Å². The fourth-order valence-electron chi connectivity index (χ4n) is 1.90. The lowest BCUT2D eigenvalue weighted by atomic mass is 10.1. The van der Waals surface area contributed by atoms with Crippen molar-refractivity contribution in [3.8, 4) is 5.75 Å². The van der Waals surface area contributed by atoms with Crippen molar-refractivity contribution in [2.45, 2.75) is 6.54 Å². The molecule has 2 aromatic rings. The maximum Gasteiger partial charge on any atom is 0.339 e. The smallest absolute Gasteiger partial charge is 0.339 e. The lowest BCUT2D eigenvalue weighted by Crippen LogP contribution is -2.08. The minimum atomic E-state index is -0.348. The average molecular weight is 271 g/mol. The number of benzene rings is 2. The highest BCUT2D eigenvalue weighted by atomic mass is 16.5. The first kappa shape index (κ1) is 13.9. The molecule has 0 aromatic heterocycles. The third-order valence-corrected chi connectivity index (χ3v) is 2.95. The van der Waals surface area contributed by atoms with Crippen molar-refractivity contribution in [2.75, 3.05) is 19.5 Å². The second kappa shape index (κ2) is 6.61. The average Bonchev–Trinajstić information content (AvgIpc) is 2.52. The fraction of sp³-hybridized carbons (Fsp3) is 0.188. The van der Waals surface area contributed by atoms with E-state index in [0.29, 0.717) is 12.1 Å². The fourth-order valence-corrected chi connectivity index (χ4v) is 1.90. The van der Waals surface area contributed by atoms with Crippen molar-refractivity contribution in [2.24, 2.45) is 0 Å². The van der Waals surface area contributed by atoms with Gasteiger partial charge in [0.25, 0.3) is 0 Å². The van der Waals surface area contributed by atoms with E-state index in [1.54, 1.807) is 13.2 Å². The Labute approximate surface area is 118 Å². The zero-order valence-corrected chi connectivity index (χ0v) is 11.6. The van der Waals surface area contributed by atoms with Gasteiger partial charge in [0.1, 0.15) is 5.75 Å². The molecule has 0 radical (unpaired) electrons. The first-order chi connectivity index (χ1) is 9.74. The molecule has 4 heteroatoms. The highest BCUT2D eigenvalue weighted by Gasteiger charge is 2.10. The minimum Gasteiger partial charge on any atom is -0.497 e. The van der Waals surface area contributed by atoms with Gasteiger partial charge in [0.15, 0.2) is 0 Å². The molecule has 0 aliphatic heterocycles. The summed E-state index contributed by atoms with van der Waals surface area (Å²) in [6.07, 6.45) is 0. The van der Waals surface area contributed by atoms with E-state index >= 15 is 0 Å². The molecule has 0 aliphatic rings. The third-order valence-electron chi connectivity index (χ3n) is 2.95. The van der Waals surface area contributed by atoms with E-state index in [1.807, 2.05) is 42.5 Å². The van der Waals surface area contributed by atoms with Crippen molar-refractivity contribution >= 4 is 11.7 Å². The summed E-state index contributed by atoms with van der Waals surface area (Å²) >= 11 is 0. The molecule has 0 aliphatic carbocycles. The van der Waals surface area contributed by atoms with Gasteiger partial charge in [-0.25, -0.2) is 4.79 Å². The number of rotatable bonds is 5. The molecule has 2 rings (SSSR count). The van der Waals surface area contributed by atoms with Crippen LogP contribution in [-0.4, -0.2) is 20.2 Å². The minimum absolute atomic E-state index is 0.348. The molecule has 0 heterocycles. The van der Waals surface area contributed by atoms with E-state index in [-0.39, 0.29) is 5.97 Å². The Balaban J connectivity index is 2.12. The molecule has 0 amide bonds. The Bertz CT molecular complexity index is 596. The number of carbonyl (C=O) groups excluding carboxylic acids is 1. The largest absolute Gasteiger partial charge is 0.497 e.